The summed E-state index contributed by atoms with van der Waals surface area (Å²) in [6.45, 7) is 0. The Morgan fingerprint density at radius 1 is 1.20 bits per heavy atom. The van der Waals surface area contributed by atoms with Gasteiger partial charge in [-0.05, 0) is 0 Å². The molecule has 0 unspecified atom stereocenters. The molecule has 0 amide bonds. The summed E-state index contributed by atoms with van der Waals surface area (Å²) in [6, 6.07) is 0. The second-order valence-corrected chi connectivity index (χ2v) is 0. The molecule has 0 fully saturated rings. The first-order valence-electron chi connectivity index (χ1n) is 0.167. The molecule has 0 saturated heterocycles. The van der Waals surface area contributed by atoms with Gasteiger partial charge in [0.2, 0.25) is 0 Å². The maximum atomic E-state index is 8.33. The van der Waals surface area contributed by atoms with Gasteiger partial charge in [-0.25, -0.2) is 0 Å². The fraction of sp³-hybridized carbons (Fsp3) is 0. The van der Waals surface area contributed by atoms with Crippen molar-refractivity contribution in [3.8, 4) is 0 Å². The fourth-order valence-corrected chi connectivity index (χ4v) is 0. The summed E-state index contributed by atoms with van der Waals surface area (Å²) in [5, 5.41) is 0. The van der Waals surface area contributed by atoms with Crippen LogP contribution in [-0.4, -0.2) is 8.41 Å². The van der Waals surface area contributed by atoms with Gasteiger partial charge in [0.15, 0.2) is 0 Å². The normalized spacial score (nSPS) is 0.800. The molecule has 0 saturated carbocycles. The van der Waals surface area contributed by atoms with Gasteiger partial charge in [0.1, 0.15) is 0 Å². The van der Waals surface area contributed by atoms with E-state index in [0.717, 1.165) is 0 Å². The van der Waals surface area contributed by atoms with E-state index in [2.05, 4.69) is 0 Å². The van der Waals surface area contributed by atoms with Crippen LogP contribution >= 0.6 is 0 Å². The predicted molar refractivity (Wildman–Crippen MR) is 6.44 cm³/mol. The van der Waals surface area contributed by atoms with Crippen molar-refractivity contribution in [1.82, 2.24) is 0 Å². The number of hydrogen-bond acceptors (Lipinski definition) is 1. The van der Waals surface area contributed by atoms with Gasteiger partial charge in [0.05, 0.1) is 0 Å². The molecule has 0 rings (SSSR count). The van der Waals surface area contributed by atoms with E-state index >= 15 is 0 Å². The third kappa shape index (κ3) is 22.3. The maximum absolute atomic E-state index is 8.33. The Kier molecular flexibility index (Phi) is 183. The van der Waals surface area contributed by atoms with Crippen LogP contribution in [0.25, 0.3) is 0 Å². The molecule has 5 heavy (non-hydrogen) atoms. The zero-order valence-electron chi connectivity index (χ0n) is 2.29. The monoisotopic (exact) mass is 408 g/mol. The standard InChI is InChI=1S/B.La.Ni.O.W. The van der Waals surface area contributed by atoms with Crippen molar-refractivity contribution in [3.63, 3.8) is 0 Å². The van der Waals surface area contributed by atoms with Crippen LogP contribution in [0.5, 0.6) is 0 Å². The van der Waals surface area contributed by atoms with E-state index in [4.69, 9.17) is 3.40 Å². The molecule has 28 valence electrons. The number of rotatable bonds is 0. The molecule has 0 aliphatic heterocycles. The Morgan fingerprint density at radius 3 is 1.20 bits per heavy atom. The average molecular weight is 408 g/mol. The van der Waals surface area contributed by atoms with Crippen molar-refractivity contribution in [2.75, 3.05) is 0 Å². The van der Waals surface area contributed by atoms with Gasteiger partial charge in [-0.1, -0.05) is 0 Å². The van der Waals surface area contributed by atoms with Gasteiger partial charge >= 0.3 is 23.2 Å². The van der Waals surface area contributed by atoms with Gasteiger partial charge in [0.25, 0.3) is 0 Å². The van der Waals surface area contributed by atoms with Crippen LogP contribution in [0.1, 0.15) is 0 Å². The first-order chi connectivity index (χ1) is 1.00. The van der Waals surface area contributed by atoms with Crippen LogP contribution in [-0.2, 0) is 39.7 Å². The van der Waals surface area contributed by atoms with Crippen molar-refractivity contribution in [2.45, 2.75) is 0 Å². The SMILES string of the molecule is [B].[La].[Ni].[O]=[W]. The third-order valence-electron chi connectivity index (χ3n) is 0. The van der Waals surface area contributed by atoms with Gasteiger partial charge in [-0.2, -0.15) is 0 Å². The number of hydrogen-bond donors (Lipinski definition) is 0. The van der Waals surface area contributed by atoms with Crippen molar-refractivity contribution in [2.24, 2.45) is 0 Å². The van der Waals surface area contributed by atoms with E-state index in [-0.39, 0.29) is 60.5 Å². The Bertz CT molecular complexity index is 11.6. The van der Waals surface area contributed by atoms with E-state index < -0.39 is 0 Å². The van der Waals surface area contributed by atoms with Gasteiger partial charge in [0, 0.05) is 60.5 Å². The zero-order chi connectivity index (χ0) is 2.00. The van der Waals surface area contributed by atoms with Gasteiger partial charge in [-0.15, -0.1) is 0 Å². The summed E-state index contributed by atoms with van der Waals surface area (Å²) >= 11 is 0.333. The predicted octanol–water partition coefficient (Wildman–Crippen LogP) is -0.505. The van der Waals surface area contributed by atoms with Crippen LogP contribution in [0.4, 0.5) is 0 Å². The summed E-state index contributed by atoms with van der Waals surface area (Å²) in [4.78, 5) is 0. The van der Waals surface area contributed by atoms with Crippen molar-refractivity contribution in [1.29, 1.82) is 0 Å². The fourth-order valence-electron chi connectivity index (χ4n) is 0. The molecule has 0 aromatic heterocycles. The third-order valence-corrected chi connectivity index (χ3v) is 0. The summed E-state index contributed by atoms with van der Waals surface area (Å²) in [7, 11) is 0. The van der Waals surface area contributed by atoms with Gasteiger partial charge < -0.3 is 0 Å². The van der Waals surface area contributed by atoms with Crippen LogP contribution in [0.3, 0.4) is 0 Å². The molecule has 5 heteroatoms. The molecule has 0 aliphatic rings. The molecule has 1 nitrogen and oxygen atoms in total. The zero-order valence-corrected chi connectivity index (χ0v) is 9.83. The van der Waals surface area contributed by atoms with E-state index in [9.17, 15) is 0 Å². The average Bonchev–Trinajstić information content (AvgIpc) is 1.00. The Labute approximate surface area is 82.3 Å². The van der Waals surface area contributed by atoms with E-state index in [1.54, 1.807) is 0 Å². The minimum absolute atomic E-state index is 0. The molecule has 0 heterocycles. The van der Waals surface area contributed by atoms with Crippen LogP contribution in [0, 0.1) is 35.6 Å². The molecule has 0 N–H and O–H groups in total. The molecule has 0 aliphatic carbocycles. The Hall–Kier alpha value is 2.24. The van der Waals surface area contributed by atoms with Crippen LogP contribution in [0.2, 0.25) is 0 Å². The molecule has 4 radical (unpaired) electrons. The van der Waals surface area contributed by atoms with Crippen molar-refractivity contribution < 1.29 is 75.3 Å². The quantitative estimate of drug-likeness (QED) is 0.494. The van der Waals surface area contributed by atoms with Crippen molar-refractivity contribution in [3.05, 3.63) is 0 Å². The minimum atomic E-state index is 0. The van der Waals surface area contributed by atoms with Crippen LogP contribution in [0.15, 0.2) is 0 Å². The summed E-state index contributed by atoms with van der Waals surface area (Å²) in [5.41, 5.74) is 0. The van der Waals surface area contributed by atoms with E-state index in [1.807, 2.05) is 0 Å². The molecule has 0 spiro atoms. The first kappa shape index (κ1) is 26.8. The topological polar surface area (TPSA) is 17.1 Å². The van der Waals surface area contributed by atoms with E-state index in [1.165, 1.54) is 0 Å². The molecule has 0 bridgehead atoms. The summed E-state index contributed by atoms with van der Waals surface area (Å²) < 4.78 is 8.33. The summed E-state index contributed by atoms with van der Waals surface area (Å²) in [5.74, 6) is 0. The second-order valence-electron chi connectivity index (χ2n) is 0. The van der Waals surface area contributed by atoms with Crippen LogP contribution < -0.4 is 0 Å². The second kappa shape index (κ2) is 34.1. The Balaban J connectivity index is -0.00000000167. The Morgan fingerprint density at radius 2 is 1.20 bits per heavy atom. The van der Waals surface area contributed by atoms with Crippen molar-refractivity contribution >= 4 is 8.41 Å². The molecular formula is BLaNiOW. The molecule has 0 aromatic rings. The molecule has 0 atom stereocenters. The first-order valence-corrected chi connectivity index (χ1v) is 1.36. The van der Waals surface area contributed by atoms with Gasteiger partial charge in [-0.3, -0.25) is 0 Å². The molecular weight excluding hydrogens is 408 g/mol. The van der Waals surface area contributed by atoms with E-state index in [0.29, 0.717) is 19.8 Å². The molecule has 0 aromatic carbocycles. The summed E-state index contributed by atoms with van der Waals surface area (Å²) in [6.07, 6.45) is 0.